The number of carbonyl (C=O) groups is 5. The molecule has 3 aromatic rings. The van der Waals surface area contributed by atoms with E-state index in [0.29, 0.717) is 0 Å². The molecule has 1 fully saturated rings. The molecule has 0 atom stereocenters. The van der Waals surface area contributed by atoms with E-state index in [4.69, 9.17) is 15.2 Å². The zero-order valence-corrected chi connectivity index (χ0v) is 28.4. The molecule has 0 radical (unpaired) electrons. The van der Waals surface area contributed by atoms with Crippen LogP contribution >= 0.6 is 47.0 Å². The summed E-state index contributed by atoms with van der Waals surface area (Å²) in [5, 5.41) is 12.4. The molecule has 0 saturated carbocycles. The van der Waals surface area contributed by atoms with E-state index in [2.05, 4.69) is 13.2 Å². The largest absolute Gasteiger partial charge is 0.421 e. The third-order valence-electron chi connectivity index (χ3n) is 7.06. The first kappa shape index (κ1) is 33.7. The average Bonchev–Trinajstić information content (AvgIpc) is 3.79. The van der Waals surface area contributed by atoms with E-state index in [1.807, 2.05) is 60.7 Å². The summed E-state index contributed by atoms with van der Waals surface area (Å²) in [7, 11) is 0. The van der Waals surface area contributed by atoms with Crippen molar-refractivity contribution in [1.82, 2.24) is 10.0 Å². The zero-order valence-electron chi connectivity index (χ0n) is 25.2. The number of thioether (sulfide) groups is 4. The molecular formula is C34H22N4O7S4. The van der Waals surface area contributed by atoms with Crippen molar-refractivity contribution in [2.45, 2.75) is 32.7 Å². The minimum atomic E-state index is -0.971. The van der Waals surface area contributed by atoms with Crippen molar-refractivity contribution in [3.63, 3.8) is 0 Å². The van der Waals surface area contributed by atoms with Crippen LogP contribution < -0.4 is 15.2 Å². The Hall–Kier alpha value is -5.14. The molecule has 0 aliphatic carbocycles. The maximum absolute atomic E-state index is 14.2. The Morgan fingerprint density at radius 3 is 1.51 bits per heavy atom. The average molecular weight is 727 g/mol. The lowest BCUT2D eigenvalue weighted by molar-refractivity contribution is -0.149. The Kier molecular flexibility index (Phi) is 9.74. The first-order valence-corrected chi connectivity index (χ1v) is 17.5. The number of nitrogens with two attached hydrogens (primary N) is 1. The number of esters is 2. The van der Waals surface area contributed by atoms with E-state index in [0.717, 1.165) is 70.3 Å². The number of primary amides is 1. The van der Waals surface area contributed by atoms with Gasteiger partial charge in [0.05, 0.1) is 41.1 Å². The number of nitriles is 1. The molecule has 11 nitrogen and oxygen atoms in total. The van der Waals surface area contributed by atoms with Crippen LogP contribution in [0, 0.1) is 11.3 Å². The van der Waals surface area contributed by atoms with Crippen molar-refractivity contribution >= 4 is 76.7 Å². The summed E-state index contributed by atoms with van der Waals surface area (Å²) in [4.78, 5) is 66.7. The minimum absolute atomic E-state index is 0.0100. The zero-order chi connectivity index (χ0) is 34.8. The number of hydrogen-bond donors (Lipinski definition) is 1. The van der Waals surface area contributed by atoms with Gasteiger partial charge in [0.1, 0.15) is 17.2 Å². The number of amides is 3. The topological polar surface area (TPSA) is 160 Å². The van der Waals surface area contributed by atoms with Crippen molar-refractivity contribution in [3.05, 3.63) is 117 Å². The van der Waals surface area contributed by atoms with Gasteiger partial charge in [-0.05, 0) is 11.1 Å². The second kappa shape index (κ2) is 14.1. The Balaban J connectivity index is 1.50. The van der Waals surface area contributed by atoms with Crippen LogP contribution in [-0.2, 0) is 37.1 Å². The van der Waals surface area contributed by atoms with Crippen LogP contribution in [0.2, 0.25) is 0 Å². The van der Waals surface area contributed by atoms with Crippen molar-refractivity contribution in [2.75, 3.05) is 0 Å². The summed E-state index contributed by atoms with van der Waals surface area (Å²) in [5.74, 6) is -3.66. The number of carbonyl (C=O) groups excluding carboxylic acids is 5. The molecule has 3 heterocycles. The molecule has 49 heavy (non-hydrogen) atoms. The van der Waals surface area contributed by atoms with E-state index in [1.54, 1.807) is 6.07 Å². The maximum Gasteiger partial charge on any atom is 0.335 e. The molecule has 2 N–H and O–H groups in total. The fourth-order valence-corrected chi connectivity index (χ4v) is 10.3. The summed E-state index contributed by atoms with van der Waals surface area (Å²) in [5.41, 5.74) is 6.61. The fourth-order valence-electron chi connectivity index (χ4n) is 4.85. The van der Waals surface area contributed by atoms with Gasteiger partial charge in [0, 0.05) is 12.2 Å². The number of fused-ring (bicyclic) bond motifs is 2. The van der Waals surface area contributed by atoms with Crippen molar-refractivity contribution in [2.24, 2.45) is 5.73 Å². The van der Waals surface area contributed by atoms with Gasteiger partial charge in [0.15, 0.2) is 11.5 Å². The van der Waals surface area contributed by atoms with Gasteiger partial charge in [0.25, 0.3) is 17.7 Å². The van der Waals surface area contributed by atoms with Crippen LogP contribution in [0.25, 0.3) is 0 Å². The maximum atomic E-state index is 14.2. The summed E-state index contributed by atoms with van der Waals surface area (Å²) in [6, 6.07) is 20.3. The van der Waals surface area contributed by atoms with E-state index in [-0.39, 0.29) is 63.8 Å². The summed E-state index contributed by atoms with van der Waals surface area (Å²) >= 11 is 3.86. The lowest BCUT2D eigenvalue weighted by atomic mass is 10.2. The molecule has 3 amide bonds. The molecule has 6 rings (SSSR count). The monoisotopic (exact) mass is 726 g/mol. The van der Waals surface area contributed by atoms with Gasteiger partial charge < -0.3 is 15.2 Å². The van der Waals surface area contributed by atoms with Crippen molar-refractivity contribution in [3.8, 4) is 17.6 Å². The minimum Gasteiger partial charge on any atom is -0.421 e. The van der Waals surface area contributed by atoms with Gasteiger partial charge in [-0.1, -0.05) is 121 Å². The highest BCUT2D eigenvalue weighted by molar-refractivity contribution is 8.26. The van der Waals surface area contributed by atoms with E-state index >= 15 is 0 Å². The van der Waals surface area contributed by atoms with Gasteiger partial charge in [-0.25, -0.2) is 19.6 Å². The first-order chi connectivity index (χ1) is 23.6. The van der Waals surface area contributed by atoms with Crippen LogP contribution in [0.4, 0.5) is 0 Å². The van der Waals surface area contributed by atoms with Crippen molar-refractivity contribution < 1.29 is 33.4 Å². The lowest BCUT2D eigenvalue weighted by Gasteiger charge is -2.27. The SMILES string of the molecule is C=CC(=O)Oc1c2c(c(OC(=O)C=C)c3c1SC(=C1C(=O)N(Cc4ccccc4)N(Cc4ccccc4)C1=O)S3)SC(=C(C#N)C(N)=O)S2. The van der Waals surface area contributed by atoms with Gasteiger partial charge in [-0.3, -0.25) is 14.4 Å². The highest BCUT2D eigenvalue weighted by Crippen LogP contribution is 2.68. The standard InChI is InChI=1S/C34H22N4O7S4/c1-3-21(39)44-24-26-27(47-33(46-26)20(15-35)30(36)41)25(45-22(40)4-2)29-28(24)48-34(49-29)23-31(42)37(16-18-11-7-5-8-12-18)38(32(23)43)17-19-13-9-6-10-14-19/h3-14H,1-2,16-17H2,(H2,36,41). The third kappa shape index (κ3) is 6.51. The molecule has 0 aromatic heterocycles. The number of rotatable bonds is 9. The van der Waals surface area contributed by atoms with Crippen LogP contribution in [0.1, 0.15) is 11.1 Å². The highest BCUT2D eigenvalue weighted by Gasteiger charge is 2.47. The quantitative estimate of drug-likeness (QED) is 0.0946. The summed E-state index contributed by atoms with van der Waals surface area (Å²) in [6.45, 7) is 7.19. The highest BCUT2D eigenvalue weighted by atomic mass is 32.2. The second-order valence-electron chi connectivity index (χ2n) is 10.1. The van der Waals surface area contributed by atoms with Gasteiger partial charge >= 0.3 is 11.9 Å². The molecule has 15 heteroatoms. The van der Waals surface area contributed by atoms with Gasteiger partial charge in [-0.15, -0.1) is 0 Å². The molecule has 3 aromatic carbocycles. The molecule has 0 spiro atoms. The predicted molar refractivity (Wildman–Crippen MR) is 184 cm³/mol. The molecule has 3 aliphatic rings. The summed E-state index contributed by atoms with van der Waals surface area (Å²) < 4.78 is 11.9. The molecule has 1 saturated heterocycles. The van der Waals surface area contributed by atoms with Crippen molar-refractivity contribution in [1.29, 1.82) is 5.26 Å². The fraction of sp³-hybridized carbons (Fsp3) is 0.0588. The first-order valence-electron chi connectivity index (χ1n) is 14.2. The Bertz CT molecular complexity index is 1970. The molecule has 0 bridgehead atoms. The summed E-state index contributed by atoms with van der Waals surface area (Å²) in [6.07, 6.45) is 1.91. The van der Waals surface area contributed by atoms with Gasteiger partial charge in [-0.2, -0.15) is 5.26 Å². The molecule has 3 aliphatic heterocycles. The van der Waals surface area contributed by atoms with Crippen LogP contribution in [0.5, 0.6) is 11.5 Å². The normalized spacial score (nSPS) is 14.7. The number of hydrazine groups is 1. The predicted octanol–water partition coefficient (Wildman–Crippen LogP) is 5.68. The third-order valence-corrected chi connectivity index (χ3v) is 12.3. The van der Waals surface area contributed by atoms with E-state index in [1.165, 1.54) is 10.0 Å². The van der Waals surface area contributed by atoms with Crippen LogP contribution in [-0.4, -0.2) is 39.7 Å². The number of nitrogens with zero attached hydrogens (tertiary/aromatic N) is 3. The van der Waals surface area contributed by atoms with E-state index in [9.17, 15) is 29.2 Å². The Labute approximate surface area is 296 Å². The Morgan fingerprint density at radius 2 is 1.14 bits per heavy atom. The smallest absolute Gasteiger partial charge is 0.335 e. The van der Waals surface area contributed by atoms with E-state index < -0.39 is 29.7 Å². The van der Waals surface area contributed by atoms with Crippen LogP contribution in [0.3, 0.4) is 0 Å². The van der Waals surface area contributed by atoms with Gasteiger partial charge in [0.2, 0.25) is 0 Å². The molecule has 0 unspecified atom stereocenters. The van der Waals surface area contributed by atoms with Crippen LogP contribution in [0.15, 0.2) is 125 Å². The lowest BCUT2D eigenvalue weighted by Crippen LogP contribution is -2.39. The number of benzene rings is 3. The second-order valence-corrected chi connectivity index (χ2v) is 14.7. The molecule has 244 valence electrons. The molecular weight excluding hydrogens is 705 g/mol. The number of hydrogen-bond acceptors (Lipinski definition) is 12. The Morgan fingerprint density at radius 1 is 0.735 bits per heavy atom. The number of ether oxygens (including phenoxy) is 2.